The van der Waals surface area contributed by atoms with Crippen LogP contribution in [0.1, 0.15) is 32.6 Å². The van der Waals surface area contributed by atoms with Gasteiger partial charge in [0.05, 0.1) is 12.4 Å². The predicted octanol–water partition coefficient (Wildman–Crippen LogP) is 2.36. The fourth-order valence-corrected chi connectivity index (χ4v) is 1.74. The van der Waals surface area contributed by atoms with Crippen molar-refractivity contribution in [2.24, 2.45) is 0 Å². The number of anilines is 1. The van der Waals surface area contributed by atoms with Gasteiger partial charge in [0.1, 0.15) is 5.82 Å². The first-order valence-corrected chi connectivity index (χ1v) is 5.00. The molecule has 1 aromatic rings. The Morgan fingerprint density at radius 2 is 2.29 bits per heavy atom. The number of aromatic nitrogens is 2. The molecule has 1 aliphatic carbocycles. The molecular formula is C10H14FN3. The van der Waals surface area contributed by atoms with Crippen molar-refractivity contribution < 1.29 is 4.39 Å². The second kappa shape index (κ2) is 3.52. The first-order chi connectivity index (χ1) is 6.74. The van der Waals surface area contributed by atoms with E-state index in [0.717, 1.165) is 31.9 Å². The Bertz CT molecular complexity index is 323. The third kappa shape index (κ3) is 2.00. The van der Waals surface area contributed by atoms with E-state index in [0.29, 0.717) is 5.82 Å². The van der Waals surface area contributed by atoms with Crippen molar-refractivity contribution in [3.05, 3.63) is 18.3 Å². The lowest BCUT2D eigenvalue weighted by atomic mass is 10.1. The van der Waals surface area contributed by atoms with Crippen LogP contribution in [0.5, 0.6) is 0 Å². The summed E-state index contributed by atoms with van der Waals surface area (Å²) in [6.07, 6.45) is 7.24. The molecule has 2 rings (SSSR count). The molecule has 0 radical (unpaired) electrons. The maximum absolute atomic E-state index is 12.7. The Morgan fingerprint density at radius 3 is 2.86 bits per heavy atom. The molecule has 1 aliphatic rings. The van der Waals surface area contributed by atoms with E-state index in [2.05, 4.69) is 22.2 Å². The first kappa shape index (κ1) is 9.37. The zero-order valence-corrected chi connectivity index (χ0v) is 8.26. The van der Waals surface area contributed by atoms with E-state index in [-0.39, 0.29) is 5.54 Å². The van der Waals surface area contributed by atoms with Gasteiger partial charge in [-0.05, 0) is 19.3 Å². The van der Waals surface area contributed by atoms with E-state index in [4.69, 9.17) is 0 Å². The molecule has 3 nitrogen and oxygen atoms in total. The molecule has 4 heteroatoms. The Kier molecular flexibility index (Phi) is 2.35. The highest BCUT2D eigenvalue weighted by molar-refractivity contribution is 5.37. The molecule has 0 aliphatic heterocycles. The van der Waals surface area contributed by atoms with Gasteiger partial charge in [-0.1, -0.05) is 13.3 Å². The fourth-order valence-electron chi connectivity index (χ4n) is 1.74. The largest absolute Gasteiger partial charge is 0.363 e. The standard InChI is InChI=1S/C10H14FN3/c1-2-3-10(4-5-10)14-9-7-12-6-8(11)13-9/h6-7H,2-5H2,1H3,(H,13,14). The molecule has 1 saturated carbocycles. The average molecular weight is 195 g/mol. The van der Waals surface area contributed by atoms with Gasteiger partial charge in [0, 0.05) is 5.54 Å². The Hall–Kier alpha value is -1.19. The normalized spacial score (nSPS) is 17.9. The second-order valence-electron chi connectivity index (χ2n) is 3.88. The van der Waals surface area contributed by atoms with Crippen LogP contribution in [0.2, 0.25) is 0 Å². The van der Waals surface area contributed by atoms with Crippen LogP contribution in [-0.4, -0.2) is 15.5 Å². The predicted molar refractivity (Wildman–Crippen MR) is 52.5 cm³/mol. The van der Waals surface area contributed by atoms with Crippen LogP contribution in [0.4, 0.5) is 10.2 Å². The van der Waals surface area contributed by atoms with E-state index >= 15 is 0 Å². The molecule has 0 saturated heterocycles. The number of nitrogens with zero attached hydrogens (tertiary/aromatic N) is 2. The molecule has 1 N–H and O–H groups in total. The average Bonchev–Trinajstić information content (AvgIpc) is 2.85. The van der Waals surface area contributed by atoms with Gasteiger partial charge < -0.3 is 5.32 Å². The van der Waals surface area contributed by atoms with Gasteiger partial charge in [-0.25, -0.2) is 0 Å². The maximum atomic E-state index is 12.7. The van der Waals surface area contributed by atoms with Crippen molar-refractivity contribution in [3.8, 4) is 0 Å². The van der Waals surface area contributed by atoms with Crippen LogP contribution < -0.4 is 5.32 Å². The number of nitrogens with one attached hydrogen (secondary N) is 1. The highest BCUT2D eigenvalue weighted by Crippen LogP contribution is 2.42. The van der Waals surface area contributed by atoms with E-state index in [1.54, 1.807) is 6.20 Å². The van der Waals surface area contributed by atoms with Crippen molar-refractivity contribution >= 4 is 5.82 Å². The summed E-state index contributed by atoms with van der Waals surface area (Å²) in [5.74, 6) is 0.0262. The molecule has 1 heterocycles. The number of hydrogen-bond donors (Lipinski definition) is 1. The van der Waals surface area contributed by atoms with E-state index in [1.165, 1.54) is 0 Å². The minimum absolute atomic E-state index is 0.178. The zero-order chi connectivity index (χ0) is 10.0. The smallest absolute Gasteiger partial charge is 0.233 e. The number of halogens is 1. The maximum Gasteiger partial charge on any atom is 0.233 e. The number of rotatable bonds is 4. The van der Waals surface area contributed by atoms with Crippen molar-refractivity contribution in [3.63, 3.8) is 0 Å². The van der Waals surface area contributed by atoms with E-state index in [1.807, 2.05) is 0 Å². The monoisotopic (exact) mass is 195 g/mol. The Labute approximate surface area is 82.8 Å². The summed E-state index contributed by atoms with van der Waals surface area (Å²) in [6.45, 7) is 2.15. The third-order valence-corrected chi connectivity index (χ3v) is 2.58. The summed E-state index contributed by atoms with van der Waals surface area (Å²) in [6, 6.07) is 0. The number of hydrogen-bond acceptors (Lipinski definition) is 3. The molecule has 0 bridgehead atoms. The van der Waals surface area contributed by atoms with Gasteiger partial charge in [0.25, 0.3) is 0 Å². The van der Waals surface area contributed by atoms with Gasteiger partial charge in [0.15, 0.2) is 0 Å². The molecular weight excluding hydrogens is 181 g/mol. The Morgan fingerprint density at radius 1 is 1.50 bits per heavy atom. The molecule has 1 aromatic heterocycles. The van der Waals surface area contributed by atoms with Gasteiger partial charge in [-0.2, -0.15) is 9.37 Å². The lowest BCUT2D eigenvalue weighted by Crippen LogP contribution is -2.21. The molecule has 0 atom stereocenters. The summed E-state index contributed by atoms with van der Waals surface area (Å²) >= 11 is 0. The first-order valence-electron chi connectivity index (χ1n) is 5.00. The van der Waals surface area contributed by atoms with Crippen molar-refractivity contribution in [1.82, 2.24) is 9.97 Å². The molecule has 76 valence electrons. The lowest BCUT2D eigenvalue weighted by molar-refractivity contribution is 0.572. The molecule has 0 unspecified atom stereocenters. The minimum Gasteiger partial charge on any atom is -0.363 e. The van der Waals surface area contributed by atoms with Gasteiger partial charge in [-0.3, -0.25) is 4.98 Å². The Balaban J connectivity index is 2.03. The molecule has 0 amide bonds. The van der Waals surface area contributed by atoms with Gasteiger partial charge in [-0.15, -0.1) is 0 Å². The van der Waals surface area contributed by atoms with Gasteiger partial charge >= 0.3 is 0 Å². The van der Waals surface area contributed by atoms with Crippen molar-refractivity contribution in [2.75, 3.05) is 5.32 Å². The molecule has 1 fully saturated rings. The van der Waals surface area contributed by atoms with Crippen molar-refractivity contribution in [1.29, 1.82) is 0 Å². The quantitative estimate of drug-likeness (QED) is 0.801. The summed E-state index contributed by atoms with van der Waals surface area (Å²) < 4.78 is 12.7. The van der Waals surface area contributed by atoms with Crippen LogP contribution in [0.15, 0.2) is 12.4 Å². The summed E-state index contributed by atoms with van der Waals surface area (Å²) in [7, 11) is 0. The van der Waals surface area contributed by atoms with Crippen LogP contribution in [0, 0.1) is 5.95 Å². The highest BCUT2D eigenvalue weighted by atomic mass is 19.1. The lowest BCUT2D eigenvalue weighted by Gasteiger charge is -2.16. The van der Waals surface area contributed by atoms with Crippen LogP contribution in [0.25, 0.3) is 0 Å². The third-order valence-electron chi connectivity index (χ3n) is 2.58. The molecule has 0 spiro atoms. The molecule has 14 heavy (non-hydrogen) atoms. The van der Waals surface area contributed by atoms with E-state index < -0.39 is 5.95 Å². The van der Waals surface area contributed by atoms with Gasteiger partial charge in [0.2, 0.25) is 5.95 Å². The molecule has 0 aromatic carbocycles. The summed E-state index contributed by atoms with van der Waals surface area (Å²) in [5.41, 5.74) is 0.178. The summed E-state index contributed by atoms with van der Waals surface area (Å²) in [4.78, 5) is 7.50. The van der Waals surface area contributed by atoms with Crippen molar-refractivity contribution in [2.45, 2.75) is 38.1 Å². The van der Waals surface area contributed by atoms with Crippen LogP contribution >= 0.6 is 0 Å². The highest BCUT2D eigenvalue weighted by Gasteiger charge is 2.41. The van der Waals surface area contributed by atoms with Crippen LogP contribution in [0.3, 0.4) is 0 Å². The van der Waals surface area contributed by atoms with Crippen LogP contribution in [-0.2, 0) is 0 Å². The summed E-state index contributed by atoms with van der Waals surface area (Å²) in [5, 5.41) is 3.26. The van der Waals surface area contributed by atoms with E-state index in [9.17, 15) is 4.39 Å². The zero-order valence-electron chi connectivity index (χ0n) is 8.26. The fraction of sp³-hybridized carbons (Fsp3) is 0.600. The topological polar surface area (TPSA) is 37.8 Å². The minimum atomic E-state index is -0.526. The second-order valence-corrected chi connectivity index (χ2v) is 3.88. The SMILES string of the molecule is CCCC1(Nc2cncc(F)n2)CC1.